The van der Waals surface area contributed by atoms with Crippen molar-refractivity contribution in [2.45, 2.75) is 32.2 Å². The number of rotatable bonds is 8. The first-order valence-electron chi connectivity index (χ1n) is 12.4. The van der Waals surface area contributed by atoms with Crippen molar-refractivity contribution in [2.24, 2.45) is 0 Å². The number of phenols is 1. The Bertz CT molecular complexity index is 1140. The van der Waals surface area contributed by atoms with Gasteiger partial charge in [-0.25, -0.2) is 0 Å². The number of ketones is 1. The molecule has 0 aromatic heterocycles. The van der Waals surface area contributed by atoms with E-state index in [2.05, 4.69) is 18.7 Å². The molecule has 2 aliphatic rings. The van der Waals surface area contributed by atoms with Gasteiger partial charge in [0.2, 0.25) is 0 Å². The summed E-state index contributed by atoms with van der Waals surface area (Å²) in [4.78, 5) is 30.3. The minimum atomic E-state index is -0.757. The number of amides is 1. The van der Waals surface area contributed by atoms with E-state index in [1.165, 1.54) is 19.2 Å². The van der Waals surface area contributed by atoms with Crippen LogP contribution < -0.4 is 4.74 Å². The number of aliphatic hydroxyl groups is 1. The molecule has 0 aliphatic carbocycles. The molecule has 2 fully saturated rings. The highest BCUT2D eigenvalue weighted by atomic mass is 16.5. The molecule has 2 aromatic rings. The van der Waals surface area contributed by atoms with E-state index in [1.54, 1.807) is 11.0 Å². The van der Waals surface area contributed by atoms with Crippen LogP contribution in [0.3, 0.4) is 0 Å². The van der Waals surface area contributed by atoms with Crippen molar-refractivity contribution < 1.29 is 29.3 Å². The van der Waals surface area contributed by atoms with E-state index in [-0.39, 0.29) is 16.9 Å². The molecule has 0 saturated carbocycles. The molecule has 0 bridgehead atoms. The largest absolute Gasteiger partial charge is 0.507 e. The molecule has 8 nitrogen and oxygen atoms in total. The Kier molecular flexibility index (Phi) is 7.96. The van der Waals surface area contributed by atoms with Crippen LogP contribution in [0.1, 0.15) is 48.9 Å². The Balaban J connectivity index is 1.70. The molecule has 2 N–H and O–H groups in total. The topological polar surface area (TPSA) is 99.5 Å². The summed E-state index contributed by atoms with van der Waals surface area (Å²) in [7, 11) is 1.47. The fraction of sp³-hybridized carbons (Fsp3) is 0.429. The summed E-state index contributed by atoms with van der Waals surface area (Å²) < 4.78 is 10.5. The van der Waals surface area contributed by atoms with E-state index < -0.39 is 23.5 Å². The Morgan fingerprint density at radius 2 is 1.78 bits per heavy atom. The number of hydrogen-bond donors (Lipinski definition) is 2. The number of Topliss-reactive ketones (excluding diaryl/α,β-unsaturated/α-hetero) is 1. The molecule has 8 heteroatoms. The molecule has 0 radical (unpaired) electrons. The maximum absolute atomic E-state index is 13.2. The van der Waals surface area contributed by atoms with Gasteiger partial charge in [0.1, 0.15) is 17.3 Å². The minimum Gasteiger partial charge on any atom is -0.507 e. The first kappa shape index (κ1) is 25.7. The predicted octanol–water partition coefficient (Wildman–Crippen LogP) is 3.67. The lowest BCUT2D eigenvalue weighted by molar-refractivity contribution is -0.140. The summed E-state index contributed by atoms with van der Waals surface area (Å²) in [5.41, 5.74) is 1.92. The van der Waals surface area contributed by atoms with Gasteiger partial charge in [0.05, 0.1) is 37.5 Å². The molecule has 0 unspecified atom stereocenters. The summed E-state index contributed by atoms with van der Waals surface area (Å²) in [5, 5.41) is 21.7. The lowest BCUT2D eigenvalue weighted by Crippen LogP contribution is -2.38. The molecule has 2 heterocycles. The molecule has 192 valence electrons. The van der Waals surface area contributed by atoms with Crippen LogP contribution in [-0.4, -0.2) is 78.2 Å². The molecule has 1 amide bonds. The number of aromatic hydroxyl groups is 1. The van der Waals surface area contributed by atoms with Gasteiger partial charge in [-0.2, -0.15) is 0 Å². The van der Waals surface area contributed by atoms with Crippen LogP contribution in [0.25, 0.3) is 5.76 Å². The van der Waals surface area contributed by atoms with Crippen LogP contribution in [-0.2, 0) is 14.3 Å². The molecule has 1 atom stereocenters. The summed E-state index contributed by atoms with van der Waals surface area (Å²) in [6.45, 7) is 8.41. The highest BCUT2D eigenvalue weighted by Gasteiger charge is 2.46. The monoisotopic (exact) mass is 494 g/mol. The Hall–Kier alpha value is -3.36. The second kappa shape index (κ2) is 11.1. The first-order chi connectivity index (χ1) is 17.3. The van der Waals surface area contributed by atoms with Crippen molar-refractivity contribution in [2.75, 3.05) is 46.5 Å². The van der Waals surface area contributed by atoms with Crippen molar-refractivity contribution in [3.8, 4) is 11.5 Å². The van der Waals surface area contributed by atoms with Crippen LogP contribution in [0, 0.1) is 0 Å². The smallest absolute Gasteiger partial charge is 0.295 e. The van der Waals surface area contributed by atoms with Crippen molar-refractivity contribution in [1.29, 1.82) is 0 Å². The third-order valence-electron chi connectivity index (χ3n) is 6.90. The van der Waals surface area contributed by atoms with Gasteiger partial charge in [-0.1, -0.05) is 38.1 Å². The van der Waals surface area contributed by atoms with Crippen molar-refractivity contribution in [3.63, 3.8) is 0 Å². The van der Waals surface area contributed by atoms with E-state index >= 15 is 0 Å². The second-order valence-corrected chi connectivity index (χ2v) is 9.50. The van der Waals surface area contributed by atoms with E-state index in [1.807, 2.05) is 24.3 Å². The number of aliphatic hydroxyl groups excluding tert-OH is 1. The summed E-state index contributed by atoms with van der Waals surface area (Å²) in [6.07, 6.45) is 0.682. The summed E-state index contributed by atoms with van der Waals surface area (Å²) in [6, 6.07) is 11.5. The molecule has 2 aliphatic heterocycles. The number of benzene rings is 2. The third-order valence-corrected chi connectivity index (χ3v) is 6.90. The zero-order valence-corrected chi connectivity index (χ0v) is 21.1. The van der Waals surface area contributed by atoms with Gasteiger partial charge < -0.3 is 24.6 Å². The zero-order valence-electron chi connectivity index (χ0n) is 21.1. The Labute approximate surface area is 211 Å². The average Bonchev–Trinajstić information content (AvgIpc) is 3.14. The molecule has 36 heavy (non-hydrogen) atoms. The number of likely N-dealkylation sites (tertiary alicyclic amines) is 1. The van der Waals surface area contributed by atoms with E-state index in [9.17, 15) is 19.8 Å². The lowest BCUT2D eigenvalue weighted by atomic mass is 9.93. The van der Waals surface area contributed by atoms with Crippen molar-refractivity contribution in [1.82, 2.24) is 9.80 Å². The van der Waals surface area contributed by atoms with Gasteiger partial charge in [0, 0.05) is 32.2 Å². The zero-order chi connectivity index (χ0) is 25.8. The molecule has 0 spiro atoms. The Morgan fingerprint density at radius 3 is 2.39 bits per heavy atom. The molecule has 2 saturated heterocycles. The highest BCUT2D eigenvalue weighted by Crippen LogP contribution is 2.41. The van der Waals surface area contributed by atoms with Crippen LogP contribution >= 0.6 is 0 Å². The number of carbonyl (C=O) groups is 2. The minimum absolute atomic E-state index is 0.0239. The fourth-order valence-corrected chi connectivity index (χ4v) is 4.79. The number of nitrogens with zero attached hydrogens (tertiary/aromatic N) is 2. The Morgan fingerprint density at radius 1 is 1.08 bits per heavy atom. The molecule has 2 aromatic carbocycles. The second-order valence-electron chi connectivity index (χ2n) is 9.50. The number of morpholine rings is 1. The van der Waals surface area contributed by atoms with Gasteiger partial charge in [-0.15, -0.1) is 0 Å². The molecular formula is C28H34N2O6. The highest BCUT2D eigenvalue weighted by molar-refractivity contribution is 6.46. The van der Waals surface area contributed by atoms with Gasteiger partial charge in [-0.05, 0) is 35.6 Å². The number of ether oxygens (including phenoxy) is 2. The SMILES string of the molecule is COc1ccc(C(O)=C2C(=O)C(=O)N(CCCN3CCOCC3)[C@H]2c2ccc(C(C)C)cc2)c(O)c1. The number of carbonyl (C=O) groups excluding carboxylic acids is 2. The van der Waals surface area contributed by atoms with E-state index in [4.69, 9.17) is 9.47 Å². The summed E-state index contributed by atoms with van der Waals surface area (Å²) in [5.74, 6) is -1.30. The van der Waals surface area contributed by atoms with Crippen LogP contribution in [0.5, 0.6) is 11.5 Å². The molecule has 4 rings (SSSR count). The van der Waals surface area contributed by atoms with Gasteiger partial charge in [-0.3, -0.25) is 14.5 Å². The van der Waals surface area contributed by atoms with Crippen molar-refractivity contribution >= 4 is 17.4 Å². The van der Waals surface area contributed by atoms with Crippen LogP contribution in [0.4, 0.5) is 0 Å². The number of phenolic OH excluding ortho intramolecular Hbond substituents is 1. The summed E-state index contributed by atoms with van der Waals surface area (Å²) >= 11 is 0. The van der Waals surface area contributed by atoms with Crippen LogP contribution in [0.15, 0.2) is 48.0 Å². The van der Waals surface area contributed by atoms with Gasteiger partial charge in [0.15, 0.2) is 0 Å². The fourth-order valence-electron chi connectivity index (χ4n) is 4.79. The van der Waals surface area contributed by atoms with Gasteiger partial charge in [0.25, 0.3) is 11.7 Å². The third kappa shape index (κ3) is 5.24. The molecular weight excluding hydrogens is 460 g/mol. The standard InChI is InChI=1S/C28H34N2O6/c1-18(2)19-5-7-20(8-6-19)25-24(26(32)22-10-9-21(35-3)17-23(22)31)27(33)28(34)30(25)12-4-11-29-13-15-36-16-14-29/h5-10,17-18,25,31-32H,4,11-16H2,1-3H3/t25-/m0/s1. The quantitative estimate of drug-likeness (QED) is 0.328. The maximum Gasteiger partial charge on any atom is 0.295 e. The van der Waals surface area contributed by atoms with Crippen LogP contribution in [0.2, 0.25) is 0 Å². The predicted molar refractivity (Wildman–Crippen MR) is 136 cm³/mol. The maximum atomic E-state index is 13.2. The number of methoxy groups -OCH3 is 1. The first-order valence-corrected chi connectivity index (χ1v) is 12.4. The number of hydrogen-bond acceptors (Lipinski definition) is 7. The average molecular weight is 495 g/mol. The van der Waals surface area contributed by atoms with Gasteiger partial charge >= 0.3 is 0 Å². The van der Waals surface area contributed by atoms with E-state index in [0.717, 1.165) is 30.8 Å². The van der Waals surface area contributed by atoms with E-state index in [0.29, 0.717) is 37.8 Å². The lowest BCUT2D eigenvalue weighted by Gasteiger charge is -2.29. The normalized spacial score (nSPS) is 20.3. The van der Waals surface area contributed by atoms with Crippen molar-refractivity contribution in [3.05, 3.63) is 64.7 Å².